The van der Waals surface area contributed by atoms with Gasteiger partial charge in [-0.3, -0.25) is 0 Å². The molecule has 0 aliphatic heterocycles. The summed E-state index contributed by atoms with van der Waals surface area (Å²) in [5.41, 5.74) is 0. The molecule has 1 nitrogen and oxygen atoms in total. The van der Waals surface area contributed by atoms with Crippen molar-refractivity contribution in [2.75, 3.05) is 19.6 Å². The highest BCUT2D eigenvalue weighted by Gasteiger charge is 2.04. The van der Waals surface area contributed by atoms with Gasteiger partial charge >= 0.3 is 0 Å². The van der Waals surface area contributed by atoms with E-state index in [1.54, 1.807) is 0 Å². The molecule has 0 aliphatic carbocycles. The second-order valence-electron chi connectivity index (χ2n) is 9.56. The van der Waals surface area contributed by atoms with Crippen molar-refractivity contribution in [3.63, 3.8) is 0 Å². The molecule has 176 valence electrons. The summed E-state index contributed by atoms with van der Waals surface area (Å²) in [6.07, 6.45) is 31.7. The molecule has 29 heavy (non-hydrogen) atoms. The molecular formula is C28H59N. The van der Waals surface area contributed by atoms with E-state index >= 15 is 0 Å². The van der Waals surface area contributed by atoms with Crippen molar-refractivity contribution in [1.29, 1.82) is 0 Å². The fourth-order valence-electron chi connectivity index (χ4n) is 4.36. The lowest BCUT2D eigenvalue weighted by molar-refractivity contribution is 0.256. The Morgan fingerprint density at radius 1 is 0.276 bits per heavy atom. The van der Waals surface area contributed by atoms with Gasteiger partial charge in [-0.1, -0.05) is 143 Å². The molecule has 0 bridgehead atoms. The summed E-state index contributed by atoms with van der Waals surface area (Å²) < 4.78 is 0. The Kier molecular flexibility index (Phi) is 26.0. The molecule has 0 heterocycles. The minimum absolute atomic E-state index is 1.34. The van der Waals surface area contributed by atoms with Crippen molar-refractivity contribution in [2.24, 2.45) is 0 Å². The van der Waals surface area contributed by atoms with E-state index in [0.29, 0.717) is 0 Å². The Morgan fingerprint density at radius 3 is 0.828 bits per heavy atom. The predicted molar refractivity (Wildman–Crippen MR) is 135 cm³/mol. The van der Waals surface area contributed by atoms with E-state index in [-0.39, 0.29) is 0 Å². The number of rotatable bonds is 25. The maximum absolute atomic E-state index is 2.78. The summed E-state index contributed by atoms with van der Waals surface area (Å²) in [5, 5.41) is 0. The maximum Gasteiger partial charge on any atom is -0.00187 e. The first kappa shape index (κ1) is 29.0. The van der Waals surface area contributed by atoms with Gasteiger partial charge in [0.1, 0.15) is 0 Å². The van der Waals surface area contributed by atoms with Crippen LogP contribution in [0.3, 0.4) is 0 Å². The lowest BCUT2D eigenvalue weighted by Crippen LogP contribution is -2.27. The zero-order valence-corrected chi connectivity index (χ0v) is 21.1. The molecule has 0 aromatic carbocycles. The van der Waals surface area contributed by atoms with Gasteiger partial charge in [0.05, 0.1) is 0 Å². The summed E-state index contributed by atoms with van der Waals surface area (Å²) in [7, 11) is 0. The standard InChI is InChI=1S/C28H59N/c1-4-7-10-12-14-16-18-20-22-24-27-29(26-9-6-3)28-25-23-21-19-17-15-13-11-8-5-2/h4-28H2,1-3H3. The van der Waals surface area contributed by atoms with E-state index in [1.807, 2.05) is 0 Å². The largest absolute Gasteiger partial charge is 0.303 e. The van der Waals surface area contributed by atoms with Crippen LogP contribution in [0.1, 0.15) is 162 Å². The second-order valence-corrected chi connectivity index (χ2v) is 9.56. The Labute approximate surface area is 186 Å². The summed E-state index contributed by atoms with van der Waals surface area (Å²) in [6, 6.07) is 0. The number of unbranched alkanes of at least 4 members (excludes halogenated alkanes) is 19. The predicted octanol–water partition coefficient (Wildman–Crippen LogP) is 9.93. The molecule has 0 spiro atoms. The summed E-state index contributed by atoms with van der Waals surface area (Å²) in [5.74, 6) is 0. The zero-order valence-electron chi connectivity index (χ0n) is 21.1. The van der Waals surface area contributed by atoms with Crippen LogP contribution in [0.25, 0.3) is 0 Å². The Balaban J connectivity index is 3.52. The van der Waals surface area contributed by atoms with Gasteiger partial charge in [0.15, 0.2) is 0 Å². The van der Waals surface area contributed by atoms with Crippen LogP contribution in [0.2, 0.25) is 0 Å². The first-order valence-corrected chi connectivity index (χ1v) is 14.1. The molecule has 0 amide bonds. The van der Waals surface area contributed by atoms with Crippen LogP contribution in [0.5, 0.6) is 0 Å². The number of hydrogen-bond donors (Lipinski definition) is 0. The van der Waals surface area contributed by atoms with E-state index in [0.717, 1.165) is 0 Å². The first-order chi connectivity index (χ1) is 14.3. The molecule has 0 N–H and O–H groups in total. The van der Waals surface area contributed by atoms with Gasteiger partial charge in [-0.25, -0.2) is 0 Å². The molecule has 0 fully saturated rings. The lowest BCUT2D eigenvalue weighted by Gasteiger charge is -2.22. The van der Waals surface area contributed by atoms with Crippen molar-refractivity contribution in [1.82, 2.24) is 4.90 Å². The van der Waals surface area contributed by atoms with Crippen molar-refractivity contribution >= 4 is 0 Å². The van der Waals surface area contributed by atoms with Crippen LogP contribution in [-0.4, -0.2) is 24.5 Å². The van der Waals surface area contributed by atoms with Gasteiger partial charge in [-0.15, -0.1) is 0 Å². The maximum atomic E-state index is 2.78. The first-order valence-electron chi connectivity index (χ1n) is 14.1. The molecule has 0 rings (SSSR count). The fourth-order valence-corrected chi connectivity index (χ4v) is 4.36. The third-order valence-electron chi connectivity index (χ3n) is 6.48. The topological polar surface area (TPSA) is 3.24 Å². The highest BCUT2D eigenvalue weighted by Crippen LogP contribution is 2.13. The molecule has 1 heteroatoms. The van der Waals surface area contributed by atoms with E-state index < -0.39 is 0 Å². The molecule has 0 saturated carbocycles. The molecule has 0 saturated heterocycles. The highest BCUT2D eigenvalue weighted by atomic mass is 15.1. The van der Waals surface area contributed by atoms with Crippen LogP contribution in [0.4, 0.5) is 0 Å². The smallest absolute Gasteiger partial charge is 0.00187 e. The second kappa shape index (κ2) is 26.0. The minimum atomic E-state index is 1.34. The molecule has 0 aromatic heterocycles. The molecule has 0 aromatic rings. The van der Waals surface area contributed by atoms with E-state index in [2.05, 4.69) is 25.7 Å². The van der Waals surface area contributed by atoms with Crippen LogP contribution in [-0.2, 0) is 0 Å². The Hall–Kier alpha value is -0.0400. The molecule has 0 atom stereocenters. The fraction of sp³-hybridized carbons (Fsp3) is 1.00. The van der Waals surface area contributed by atoms with E-state index in [4.69, 9.17) is 0 Å². The molecule has 0 unspecified atom stereocenters. The van der Waals surface area contributed by atoms with Crippen molar-refractivity contribution in [3.05, 3.63) is 0 Å². The van der Waals surface area contributed by atoms with Crippen LogP contribution in [0.15, 0.2) is 0 Å². The van der Waals surface area contributed by atoms with Crippen LogP contribution < -0.4 is 0 Å². The highest BCUT2D eigenvalue weighted by molar-refractivity contribution is 4.60. The average molecular weight is 410 g/mol. The number of hydrogen-bond acceptors (Lipinski definition) is 1. The third kappa shape index (κ3) is 24.1. The SMILES string of the molecule is CCCCCCCCCCCCN(CCCC)CCCCCCCCCCCC. The molecular weight excluding hydrogens is 350 g/mol. The van der Waals surface area contributed by atoms with Crippen molar-refractivity contribution in [3.8, 4) is 0 Å². The average Bonchev–Trinajstić information content (AvgIpc) is 2.74. The van der Waals surface area contributed by atoms with Gasteiger partial charge in [0, 0.05) is 0 Å². The Morgan fingerprint density at radius 2 is 0.517 bits per heavy atom. The summed E-state index contributed by atoms with van der Waals surface area (Å²) >= 11 is 0. The normalized spacial score (nSPS) is 11.6. The van der Waals surface area contributed by atoms with Gasteiger partial charge < -0.3 is 4.90 Å². The summed E-state index contributed by atoms with van der Waals surface area (Å²) in [4.78, 5) is 2.78. The van der Waals surface area contributed by atoms with Gasteiger partial charge in [-0.05, 0) is 38.9 Å². The van der Waals surface area contributed by atoms with Gasteiger partial charge in [0.25, 0.3) is 0 Å². The van der Waals surface area contributed by atoms with Crippen LogP contribution >= 0.6 is 0 Å². The Bertz CT molecular complexity index is 251. The monoisotopic (exact) mass is 409 g/mol. The minimum Gasteiger partial charge on any atom is -0.303 e. The molecule has 0 aliphatic rings. The quantitative estimate of drug-likeness (QED) is 0.136. The molecule has 0 radical (unpaired) electrons. The zero-order chi connectivity index (χ0) is 21.3. The van der Waals surface area contributed by atoms with E-state index in [1.165, 1.54) is 161 Å². The van der Waals surface area contributed by atoms with E-state index in [9.17, 15) is 0 Å². The van der Waals surface area contributed by atoms with Crippen LogP contribution in [0, 0.1) is 0 Å². The third-order valence-corrected chi connectivity index (χ3v) is 6.48. The van der Waals surface area contributed by atoms with Crippen molar-refractivity contribution in [2.45, 2.75) is 162 Å². The van der Waals surface area contributed by atoms with Crippen molar-refractivity contribution < 1.29 is 0 Å². The van der Waals surface area contributed by atoms with Gasteiger partial charge in [0.2, 0.25) is 0 Å². The van der Waals surface area contributed by atoms with Gasteiger partial charge in [-0.2, -0.15) is 0 Å². The number of nitrogens with zero attached hydrogens (tertiary/aromatic N) is 1. The lowest BCUT2D eigenvalue weighted by atomic mass is 10.1. The summed E-state index contributed by atoms with van der Waals surface area (Å²) in [6.45, 7) is 11.0.